The Balaban J connectivity index is 2.00. The van der Waals surface area contributed by atoms with Crippen molar-refractivity contribution in [2.45, 2.75) is 25.3 Å². The number of benzene rings is 1. The van der Waals surface area contributed by atoms with Crippen LogP contribution in [0, 0.1) is 0 Å². The molecule has 0 atom stereocenters. The zero-order chi connectivity index (χ0) is 10.3. The van der Waals surface area contributed by atoms with E-state index in [4.69, 9.17) is 11.6 Å². The van der Waals surface area contributed by atoms with Crippen molar-refractivity contribution in [2.75, 3.05) is 23.3 Å². The first-order valence-electron chi connectivity index (χ1n) is 5.65. The van der Waals surface area contributed by atoms with Gasteiger partial charge in [0.2, 0.25) is 0 Å². The Morgan fingerprint density at radius 3 is 3.00 bits per heavy atom. The van der Waals surface area contributed by atoms with Crippen molar-refractivity contribution in [3.05, 3.63) is 23.2 Å². The normalized spacial score (nSPS) is 20.5. The van der Waals surface area contributed by atoms with Gasteiger partial charge in [0.15, 0.2) is 0 Å². The van der Waals surface area contributed by atoms with Crippen LogP contribution in [0.3, 0.4) is 0 Å². The van der Waals surface area contributed by atoms with Crippen LogP contribution in [0.25, 0.3) is 0 Å². The highest BCUT2D eigenvalue weighted by Gasteiger charge is 2.31. The van der Waals surface area contributed by atoms with Crippen molar-refractivity contribution in [1.82, 2.24) is 0 Å². The first-order valence-corrected chi connectivity index (χ1v) is 6.02. The van der Waals surface area contributed by atoms with Crippen LogP contribution in [0.15, 0.2) is 18.2 Å². The molecule has 15 heavy (non-hydrogen) atoms. The van der Waals surface area contributed by atoms with E-state index in [0.717, 1.165) is 17.6 Å². The number of rotatable bonds is 1. The molecule has 0 amide bonds. The van der Waals surface area contributed by atoms with Crippen LogP contribution in [0.2, 0.25) is 5.02 Å². The summed E-state index contributed by atoms with van der Waals surface area (Å²) in [5, 5.41) is 4.27. The Morgan fingerprint density at radius 1 is 1.33 bits per heavy atom. The predicted molar refractivity (Wildman–Crippen MR) is 64.9 cm³/mol. The van der Waals surface area contributed by atoms with Crippen LogP contribution in [-0.2, 0) is 0 Å². The largest absolute Gasteiger partial charge is 0.383 e. The van der Waals surface area contributed by atoms with Crippen molar-refractivity contribution in [1.29, 1.82) is 0 Å². The number of halogens is 1. The smallest absolute Gasteiger partial charge is 0.0605 e. The van der Waals surface area contributed by atoms with Crippen molar-refractivity contribution >= 4 is 23.0 Å². The van der Waals surface area contributed by atoms with Crippen LogP contribution >= 0.6 is 11.6 Å². The van der Waals surface area contributed by atoms with E-state index < -0.39 is 0 Å². The van der Waals surface area contributed by atoms with E-state index >= 15 is 0 Å². The first-order chi connectivity index (χ1) is 7.34. The van der Waals surface area contributed by atoms with Gasteiger partial charge in [-0.15, -0.1) is 0 Å². The number of anilines is 2. The lowest BCUT2D eigenvalue weighted by Gasteiger charge is -2.24. The van der Waals surface area contributed by atoms with E-state index in [1.807, 2.05) is 12.1 Å². The molecule has 2 aliphatic rings. The van der Waals surface area contributed by atoms with E-state index in [1.165, 1.54) is 37.2 Å². The fraction of sp³-hybridized carbons (Fsp3) is 0.500. The van der Waals surface area contributed by atoms with Gasteiger partial charge in [0.25, 0.3) is 0 Å². The lowest BCUT2D eigenvalue weighted by atomic mass is 10.2. The maximum absolute atomic E-state index is 6.01. The average Bonchev–Trinajstić information content (AvgIpc) is 3.01. The molecule has 0 bridgehead atoms. The Kier molecular flexibility index (Phi) is 2.24. The van der Waals surface area contributed by atoms with E-state index in [-0.39, 0.29) is 0 Å². The zero-order valence-electron chi connectivity index (χ0n) is 8.67. The van der Waals surface area contributed by atoms with Gasteiger partial charge < -0.3 is 10.2 Å². The molecule has 0 radical (unpaired) electrons. The van der Waals surface area contributed by atoms with E-state index in [0.29, 0.717) is 0 Å². The van der Waals surface area contributed by atoms with Crippen molar-refractivity contribution in [2.24, 2.45) is 0 Å². The SMILES string of the molecule is Clc1ccc2c(c1)NCCCN2C1CC1. The summed E-state index contributed by atoms with van der Waals surface area (Å²) in [4.78, 5) is 2.53. The fourth-order valence-corrected chi connectivity index (χ4v) is 2.43. The topological polar surface area (TPSA) is 15.3 Å². The highest BCUT2D eigenvalue weighted by atomic mass is 35.5. The first kappa shape index (κ1) is 9.34. The minimum Gasteiger partial charge on any atom is -0.383 e. The maximum Gasteiger partial charge on any atom is 0.0605 e. The zero-order valence-corrected chi connectivity index (χ0v) is 9.43. The van der Waals surface area contributed by atoms with Crippen molar-refractivity contribution in [3.8, 4) is 0 Å². The molecule has 0 unspecified atom stereocenters. The number of nitrogens with zero attached hydrogens (tertiary/aromatic N) is 1. The molecule has 1 aliphatic carbocycles. The summed E-state index contributed by atoms with van der Waals surface area (Å²) in [6.45, 7) is 2.23. The molecule has 0 aromatic heterocycles. The van der Waals surface area contributed by atoms with Crippen molar-refractivity contribution < 1.29 is 0 Å². The highest BCUT2D eigenvalue weighted by Crippen LogP contribution is 2.38. The molecule has 1 heterocycles. The molecule has 0 spiro atoms. The number of fused-ring (bicyclic) bond motifs is 1. The molecule has 3 rings (SSSR count). The van der Waals surface area contributed by atoms with Crippen LogP contribution in [0.4, 0.5) is 11.4 Å². The van der Waals surface area contributed by atoms with Gasteiger partial charge >= 0.3 is 0 Å². The summed E-state index contributed by atoms with van der Waals surface area (Å²) in [7, 11) is 0. The van der Waals surface area contributed by atoms with Gasteiger partial charge in [-0.25, -0.2) is 0 Å². The summed E-state index contributed by atoms with van der Waals surface area (Å²) in [6, 6.07) is 6.96. The number of nitrogens with one attached hydrogen (secondary N) is 1. The molecule has 1 aromatic rings. The van der Waals surface area contributed by atoms with Gasteiger partial charge in [-0.1, -0.05) is 11.6 Å². The number of hydrogen-bond acceptors (Lipinski definition) is 2. The van der Waals surface area contributed by atoms with Gasteiger partial charge in [0, 0.05) is 24.2 Å². The Bertz CT molecular complexity index is 374. The summed E-state index contributed by atoms with van der Waals surface area (Å²) >= 11 is 6.01. The second-order valence-electron chi connectivity index (χ2n) is 4.37. The minimum atomic E-state index is 0.782. The summed E-state index contributed by atoms with van der Waals surface area (Å²) < 4.78 is 0. The van der Waals surface area contributed by atoms with Gasteiger partial charge in [-0.2, -0.15) is 0 Å². The lowest BCUT2D eigenvalue weighted by Crippen LogP contribution is -2.26. The van der Waals surface area contributed by atoms with E-state index in [1.54, 1.807) is 0 Å². The summed E-state index contributed by atoms with van der Waals surface area (Å²) in [5.74, 6) is 0. The van der Waals surface area contributed by atoms with Crippen molar-refractivity contribution in [3.63, 3.8) is 0 Å². The molecule has 1 N–H and O–H groups in total. The molecule has 3 heteroatoms. The van der Waals surface area contributed by atoms with Gasteiger partial charge in [-0.3, -0.25) is 0 Å². The van der Waals surface area contributed by atoms with Gasteiger partial charge in [0.1, 0.15) is 0 Å². The molecular weight excluding hydrogens is 208 g/mol. The standard InChI is InChI=1S/C12H15ClN2/c13-9-2-5-12-11(8-9)14-6-1-7-15(12)10-3-4-10/h2,5,8,10,14H,1,3-4,6-7H2. The van der Waals surface area contributed by atoms with Crippen LogP contribution in [0.5, 0.6) is 0 Å². The predicted octanol–water partition coefficient (Wildman–Crippen LogP) is 3.12. The monoisotopic (exact) mass is 222 g/mol. The second-order valence-corrected chi connectivity index (χ2v) is 4.80. The molecule has 1 aliphatic heterocycles. The van der Waals surface area contributed by atoms with Crippen LogP contribution in [0.1, 0.15) is 19.3 Å². The van der Waals surface area contributed by atoms with Gasteiger partial charge in [-0.05, 0) is 37.5 Å². The Labute approximate surface area is 95.2 Å². The third kappa shape index (κ3) is 1.78. The molecule has 1 aromatic carbocycles. The Morgan fingerprint density at radius 2 is 2.20 bits per heavy atom. The van der Waals surface area contributed by atoms with Crippen LogP contribution < -0.4 is 10.2 Å². The second kappa shape index (κ2) is 3.60. The summed E-state index contributed by atoms with van der Waals surface area (Å²) in [6.07, 6.45) is 3.91. The molecule has 2 nitrogen and oxygen atoms in total. The Hall–Kier alpha value is -0.890. The minimum absolute atomic E-state index is 0.782. The molecule has 80 valence electrons. The number of hydrogen-bond donors (Lipinski definition) is 1. The lowest BCUT2D eigenvalue weighted by molar-refractivity contribution is 0.760. The molecule has 0 saturated heterocycles. The average molecular weight is 223 g/mol. The molecule has 1 saturated carbocycles. The van der Waals surface area contributed by atoms with E-state index in [9.17, 15) is 0 Å². The molecular formula is C12H15ClN2. The quantitative estimate of drug-likeness (QED) is 0.786. The van der Waals surface area contributed by atoms with Gasteiger partial charge in [0.05, 0.1) is 11.4 Å². The molecule has 1 fully saturated rings. The maximum atomic E-state index is 6.01. The third-order valence-corrected chi connectivity index (χ3v) is 3.38. The third-order valence-electron chi connectivity index (χ3n) is 3.15. The highest BCUT2D eigenvalue weighted by molar-refractivity contribution is 6.31. The fourth-order valence-electron chi connectivity index (χ4n) is 2.26. The van der Waals surface area contributed by atoms with Crippen LogP contribution in [-0.4, -0.2) is 19.1 Å². The van der Waals surface area contributed by atoms with E-state index in [2.05, 4.69) is 16.3 Å². The summed E-state index contributed by atoms with van der Waals surface area (Å²) in [5.41, 5.74) is 2.53.